The van der Waals surface area contributed by atoms with Crippen molar-refractivity contribution < 1.29 is 18.8 Å². The number of carbonyl (C=O) groups excluding carboxylic acids is 1. The molecule has 0 N–H and O–H groups in total. The van der Waals surface area contributed by atoms with Crippen molar-refractivity contribution in [2.24, 2.45) is 0 Å². The van der Waals surface area contributed by atoms with E-state index in [9.17, 15) is 4.79 Å². The van der Waals surface area contributed by atoms with Crippen LogP contribution in [0.4, 0.5) is 0 Å². The second kappa shape index (κ2) is 8.23. The SMILES string of the molecule is COc1cc(OC)cc(C(=O)N2CCCN(Cc3cc(C)on3)CC2)c1. The Kier molecular flexibility index (Phi) is 5.78. The van der Waals surface area contributed by atoms with Crippen LogP contribution in [0, 0.1) is 6.92 Å². The molecular weight excluding hydrogens is 334 g/mol. The molecule has 7 heteroatoms. The van der Waals surface area contributed by atoms with E-state index in [1.54, 1.807) is 32.4 Å². The number of aromatic nitrogens is 1. The van der Waals surface area contributed by atoms with E-state index in [2.05, 4.69) is 10.1 Å². The molecule has 2 aromatic rings. The summed E-state index contributed by atoms with van der Waals surface area (Å²) in [5, 5.41) is 4.06. The normalized spacial score (nSPS) is 15.6. The number of benzene rings is 1. The maximum absolute atomic E-state index is 12.9. The molecule has 1 saturated heterocycles. The van der Waals surface area contributed by atoms with Gasteiger partial charge in [0, 0.05) is 50.4 Å². The summed E-state index contributed by atoms with van der Waals surface area (Å²) in [4.78, 5) is 17.1. The lowest BCUT2D eigenvalue weighted by Crippen LogP contribution is -2.35. The van der Waals surface area contributed by atoms with Crippen molar-refractivity contribution in [3.8, 4) is 11.5 Å². The van der Waals surface area contributed by atoms with Crippen LogP contribution in [0.2, 0.25) is 0 Å². The van der Waals surface area contributed by atoms with E-state index in [0.29, 0.717) is 23.6 Å². The molecule has 0 atom stereocenters. The summed E-state index contributed by atoms with van der Waals surface area (Å²) in [6.07, 6.45) is 0.920. The van der Waals surface area contributed by atoms with E-state index in [1.165, 1.54) is 0 Å². The molecule has 1 aromatic carbocycles. The molecule has 1 fully saturated rings. The van der Waals surface area contributed by atoms with Crippen LogP contribution in [0.1, 0.15) is 28.2 Å². The third-order valence-corrected chi connectivity index (χ3v) is 4.54. The Labute approximate surface area is 153 Å². The lowest BCUT2D eigenvalue weighted by Gasteiger charge is -2.22. The first-order chi connectivity index (χ1) is 12.6. The van der Waals surface area contributed by atoms with Gasteiger partial charge in [0.25, 0.3) is 5.91 Å². The van der Waals surface area contributed by atoms with E-state index in [1.807, 2.05) is 17.9 Å². The number of aryl methyl sites for hydroxylation is 1. The first-order valence-electron chi connectivity index (χ1n) is 8.76. The van der Waals surface area contributed by atoms with E-state index < -0.39 is 0 Å². The molecule has 26 heavy (non-hydrogen) atoms. The number of carbonyl (C=O) groups is 1. The van der Waals surface area contributed by atoms with Crippen molar-refractivity contribution in [1.82, 2.24) is 15.0 Å². The van der Waals surface area contributed by atoms with Gasteiger partial charge in [0.05, 0.1) is 19.9 Å². The Morgan fingerprint density at radius 3 is 2.42 bits per heavy atom. The lowest BCUT2D eigenvalue weighted by atomic mass is 10.1. The monoisotopic (exact) mass is 359 g/mol. The Balaban J connectivity index is 1.65. The number of amides is 1. The highest BCUT2D eigenvalue weighted by molar-refractivity contribution is 5.95. The zero-order valence-corrected chi connectivity index (χ0v) is 15.5. The molecule has 1 aliphatic rings. The molecule has 0 unspecified atom stereocenters. The second-order valence-electron chi connectivity index (χ2n) is 6.45. The Morgan fingerprint density at radius 1 is 1.08 bits per heavy atom. The summed E-state index contributed by atoms with van der Waals surface area (Å²) in [5.41, 5.74) is 1.52. The minimum atomic E-state index is 0.00123. The molecule has 140 valence electrons. The van der Waals surface area contributed by atoms with E-state index >= 15 is 0 Å². The molecular formula is C19H25N3O4. The number of nitrogens with zero attached hydrogens (tertiary/aromatic N) is 3. The van der Waals surface area contributed by atoms with Crippen LogP contribution in [0.25, 0.3) is 0 Å². The van der Waals surface area contributed by atoms with Gasteiger partial charge in [-0.05, 0) is 25.5 Å². The summed E-state index contributed by atoms with van der Waals surface area (Å²) in [7, 11) is 3.16. The quantitative estimate of drug-likeness (QED) is 0.816. The fraction of sp³-hybridized carbons (Fsp3) is 0.474. The van der Waals surface area contributed by atoms with Gasteiger partial charge < -0.3 is 18.9 Å². The van der Waals surface area contributed by atoms with Crippen LogP contribution in [0.15, 0.2) is 28.8 Å². The Bertz CT molecular complexity index is 737. The molecule has 2 heterocycles. The molecule has 7 nitrogen and oxygen atoms in total. The van der Waals surface area contributed by atoms with E-state index in [-0.39, 0.29) is 5.91 Å². The van der Waals surface area contributed by atoms with Crippen molar-refractivity contribution in [2.45, 2.75) is 19.9 Å². The highest BCUT2D eigenvalue weighted by atomic mass is 16.5. The minimum Gasteiger partial charge on any atom is -0.497 e. The molecule has 0 saturated carbocycles. The smallest absolute Gasteiger partial charge is 0.254 e. The van der Waals surface area contributed by atoms with E-state index in [0.717, 1.165) is 44.1 Å². The third kappa shape index (κ3) is 4.35. The van der Waals surface area contributed by atoms with Crippen LogP contribution in [0.5, 0.6) is 11.5 Å². The van der Waals surface area contributed by atoms with Gasteiger partial charge in [-0.1, -0.05) is 5.16 Å². The van der Waals surface area contributed by atoms with Crippen molar-refractivity contribution in [3.63, 3.8) is 0 Å². The number of methoxy groups -OCH3 is 2. The van der Waals surface area contributed by atoms with Gasteiger partial charge in [0.15, 0.2) is 0 Å². The maximum atomic E-state index is 12.9. The Hall–Kier alpha value is -2.54. The highest BCUT2D eigenvalue weighted by Gasteiger charge is 2.22. The Morgan fingerprint density at radius 2 is 1.81 bits per heavy atom. The van der Waals surface area contributed by atoms with Crippen molar-refractivity contribution in [3.05, 3.63) is 41.3 Å². The number of hydrogen-bond acceptors (Lipinski definition) is 6. The number of ether oxygens (including phenoxy) is 2. The highest BCUT2D eigenvalue weighted by Crippen LogP contribution is 2.24. The predicted molar refractivity (Wildman–Crippen MR) is 96.6 cm³/mol. The van der Waals surface area contributed by atoms with Gasteiger partial charge in [0.2, 0.25) is 0 Å². The molecule has 0 spiro atoms. The predicted octanol–water partition coefficient (Wildman–Crippen LogP) is 2.35. The minimum absolute atomic E-state index is 0.00123. The molecule has 1 aromatic heterocycles. The molecule has 0 aliphatic carbocycles. The van der Waals surface area contributed by atoms with Gasteiger partial charge >= 0.3 is 0 Å². The van der Waals surface area contributed by atoms with Gasteiger partial charge in [0.1, 0.15) is 17.3 Å². The van der Waals surface area contributed by atoms with Crippen molar-refractivity contribution >= 4 is 5.91 Å². The van der Waals surface area contributed by atoms with Gasteiger partial charge in [-0.2, -0.15) is 0 Å². The van der Waals surface area contributed by atoms with Gasteiger partial charge in [-0.15, -0.1) is 0 Å². The number of hydrogen-bond donors (Lipinski definition) is 0. The van der Waals surface area contributed by atoms with Crippen LogP contribution >= 0.6 is 0 Å². The van der Waals surface area contributed by atoms with Gasteiger partial charge in [-0.3, -0.25) is 9.69 Å². The van der Waals surface area contributed by atoms with Crippen LogP contribution in [0.3, 0.4) is 0 Å². The standard InChI is InChI=1S/C19H25N3O4/c1-14-9-16(20-26-14)13-21-5-4-6-22(8-7-21)19(23)15-10-17(24-2)12-18(11-15)25-3/h9-12H,4-8,13H2,1-3H3. The first kappa shape index (κ1) is 18.3. The topological polar surface area (TPSA) is 68.0 Å². The first-order valence-corrected chi connectivity index (χ1v) is 8.76. The molecule has 0 bridgehead atoms. The zero-order chi connectivity index (χ0) is 18.5. The average molecular weight is 359 g/mol. The maximum Gasteiger partial charge on any atom is 0.254 e. The summed E-state index contributed by atoms with van der Waals surface area (Å²) in [6.45, 7) is 5.77. The van der Waals surface area contributed by atoms with Crippen LogP contribution in [-0.2, 0) is 6.54 Å². The fourth-order valence-corrected chi connectivity index (χ4v) is 3.17. The molecule has 0 radical (unpaired) electrons. The largest absolute Gasteiger partial charge is 0.497 e. The molecule has 1 aliphatic heterocycles. The zero-order valence-electron chi connectivity index (χ0n) is 15.5. The van der Waals surface area contributed by atoms with Crippen LogP contribution in [-0.4, -0.2) is 61.3 Å². The molecule has 1 amide bonds. The van der Waals surface area contributed by atoms with Crippen molar-refractivity contribution in [1.29, 1.82) is 0 Å². The molecule has 3 rings (SSSR count). The lowest BCUT2D eigenvalue weighted by molar-refractivity contribution is 0.0760. The second-order valence-corrected chi connectivity index (χ2v) is 6.45. The number of rotatable bonds is 5. The summed E-state index contributed by atoms with van der Waals surface area (Å²) < 4.78 is 15.7. The fourth-order valence-electron chi connectivity index (χ4n) is 3.17. The van der Waals surface area contributed by atoms with Crippen molar-refractivity contribution in [2.75, 3.05) is 40.4 Å². The summed E-state index contributed by atoms with van der Waals surface area (Å²) >= 11 is 0. The van der Waals surface area contributed by atoms with Crippen LogP contribution < -0.4 is 9.47 Å². The average Bonchev–Trinajstić information content (AvgIpc) is 2.92. The third-order valence-electron chi connectivity index (χ3n) is 4.54. The van der Waals surface area contributed by atoms with Gasteiger partial charge in [-0.25, -0.2) is 0 Å². The summed E-state index contributed by atoms with van der Waals surface area (Å²) in [6, 6.07) is 7.23. The summed E-state index contributed by atoms with van der Waals surface area (Å²) in [5.74, 6) is 2.05. The van der Waals surface area contributed by atoms with E-state index in [4.69, 9.17) is 14.0 Å².